The largest absolute Gasteiger partial charge is 0.469 e. The molecule has 94 valence electrons. The lowest BCUT2D eigenvalue weighted by Crippen LogP contribution is -2.37. The van der Waals surface area contributed by atoms with Crippen molar-refractivity contribution in [1.82, 2.24) is 0 Å². The first-order chi connectivity index (χ1) is 7.57. The summed E-state index contributed by atoms with van der Waals surface area (Å²) < 4.78 is 4.76. The third-order valence-corrected chi connectivity index (χ3v) is 3.37. The lowest BCUT2D eigenvalue weighted by atomic mass is 9.71. The van der Waals surface area contributed by atoms with Crippen LogP contribution in [0.15, 0.2) is 12.7 Å². The number of carbonyl (C=O) groups excluding carboxylic acids is 1. The van der Waals surface area contributed by atoms with E-state index in [-0.39, 0.29) is 18.5 Å². The molecule has 0 aliphatic carbocycles. The maximum atomic E-state index is 11.6. The second kappa shape index (κ2) is 7.44. The van der Waals surface area contributed by atoms with Crippen molar-refractivity contribution in [2.45, 2.75) is 39.5 Å². The van der Waals surface area contributed by atoms with Crippen molar-refractivity contribution in [3.05, 3.63) is 12.7 Å². The SMILES string of the molecule is C=CC[C@](CO)(CCCC)C(C)C(=O)OC. The maximum Gasteiger partial charge on any atom is 0.309 e. The molecule has 0 spiro atoms. The molecule has 0 aromatic heterocycles. The highest BCUT2D eigenvalue weighted by molar-refractivity contribution is 5.72. The van der Waals surface area contributed by atoms with Crippen LogP contribution < -0.4 is 0 Å². The number of unbranched alkanes of at least 4 members (excludes halogenated alkanes) is 1. The van der Waals surface area contributed by atoms with E-state index in [9.17, 15) is 9.90 Å². The van der Waals surface area contributed by atoms with Gasteiger partial charge in [0.05, 0.1) is 13.0 Å². The number of hydrogen-bond acceptors (Lipinski definition) is 3. The molecule has 0 saturated carbocycles. The van der Waals surface area contributed by atoms with Gasteiger partial charge in [0.2, 0.25) is 0 Å². The summed E-state index contributed by atoms with van der Waals surface area (Å²) in [5.41, 5.74) is -0.412. The molecule has 16 heavy (non-hydrogen) atoms. The molecular formula is C13H24O3. The normalized spacial score (nSPS) is 16.2. The molecule has 0 bridgehead atoms. The topological polar surface area (TPSA) is 46.5 Å². The molecule has 0 aliphatic rings. The fourth-order valence-electron chi connectivity index (χ4n) is 2.02. The highest BCUT2D eigenvalue weighted by Crippen LogP contribution is 2.37. The molecule has 1 unspecified atom stereocenters. The van der Waals surface area contributed by atoms with E-state index in [2.05, 4.69) is 13.5 Å². The molecule has 0 radical (unpaired) electrons. The van der Waals surface area contributed by atoms with E-state index in [0.29, 0.717) is 6.42 Å². The van der Waals surface area contributed by atoms with Crippen molar-refractivity contribution < 1.29 is 14.6 Å². The van der Waals surface area contributed by atoms with Crippen LogP contribution in [0.4, 0.5) is 0 Å². The van der Waals surface area contributed by atoms with Gasteiger partial charge < -0.3 is 9.84 Å². The summed E-state index contributed by atoms with van der Waals surface area (Å²) in [4.78, 5) is 11.6. The van der Waals surface area contributed by atoms with E-state index in [0.717, 1.165) is 19.3 Å². The van der Waals surface area contributed by atoms with Crippen molar-refractivity contribution in [3.63, 3.8) is 0 Å². The average Bonchev–Trinajstić information content (AvgIpc) is 2.32. The molecule has 0 fully saturated rings. The highest BCUT2D eigenvalue weighted by Gasteiger charge is 2.38. The maximum absolute atomic E-state index is 11.6. The van der Waals surface area contributed by atoms with Gasteiger partial charge in [-0.1, -0.05) is 32.8 Å². The summed E-state index contributed by atoms with van der Waals surface area (Å²) in [7, 11) is 1.38. The molecule has 0 aliphatic heterocycles. The van der Waals surface area contributed by atoms with Gasteiger partial charge >= 0.3 is 5.97 Å². The lowest BCUT2D eigenvalue weighted by molar-refractivity contribution is -0.151. The summed E-state index contributed by atoms with van der Waals surface area (Å²) in [5, 5.41) is 9.59. The van der Waals surface area contributed by atoms with E-state index in [1.54, 1.807) is 6.08 Å². The van der Waals surface area contributed by atoms with Crippen LogP contribution in [0.1, 0.15) is 39.5 Å². The summed E-state index contributed by atoms with van der Waals surface area (Å²) in [6, 6.07) is 0. The van der Waals surface area contributed by atoms with Crippen LogP contribution in [-0.4, -0.2) is 24.8 Å². The van der Waals surface area contributed by atoms with E-state index >= 15 is 0 Å². The van der Waals surface area contributed by atoms with E-state index in [1.807, 2.05) is 6.92 Å². The minimum Gasteiger partial charge on any atom is -0.469 e. The number of aliphatic hydroxyl groups is 1. The van der Waals surface area contributed by atoms with Crippen LogP contribution in [0.2, 0.25) is 0 Å². The Hall–Kier alpha value is -0.830. The Labute approximate surface area is 98.5 Å². The number of hydrogen-bond donors (Lipinski definition) is 1. The van der Waals surface area contributed by atoms with Crippen LogP contribution in [0.5, 0.6) is 0 Å². The number of ether oxygens (including phenoxy) is 1. The first kappa shape index (κ1) is 15.2. The zero-order chi connectivity index (χ0) is 12.6. The second-order valence-electron chi connectivity index (χ2n) is 4.36. The van der Waals surface area contributed by atoms with Crippen molar-refractivity contribution in [2.24, 2.45) is 11.3 Å². The van der Waals surface area contributed by atoms with Gasteiger partial charge in [-0.3, -0.25) is 4.79 Å². The fourth-order valence-corrected chi connectivity index (χ4v) is 2.02. The van der Waals surface area contributed by atoms with Gasteiger partial charge in [-0.15, -0.1) is 6.58 Å². The van der Waals surface area contributed by atoms with Crippen LogP contribution in [0.25, 0.3) is 0 Å². The zero-order valence-corrected chi connectivity index (χ0v) is 10.7. The van der Waals surface area contributed by atoms with Crippen molar-refractivity contribution >= 4 is 5.97 Å². The molecule has 3 nitrogen and oxygen atoms in total. The predicted molar refractivity (Wildman–Crippen MR) is 65.0 cm³/mol. The third-order valence-electron chi connectivity index (χ3n) is 3.37. The molecule has 1 N–H and O–H groups in total. The van der Waals surface area contributed by atoms with Gasteiger partial charge in [0.1, 0.15) is 0 Å². The van der Waals surface area contributed by atoms with E-state index < -0.39 is 5.41 Å². The van der Waals surface area contributed by atoms with E-state index in [4.69, 9.17) is 4.74 Å². The molecule has 0 saturated heterocycles. The van der Waals surface area contributed by atoms with Crippen molar-refractivity contribution in [1.29, 1.82) is 0 Å². The number of methoxy groups -OCH3 is 1. The molecule has 0 amide bonds. The Morgan fingerprint density at radius 1 is 1.62 bits per heavy atom. The second-order valence-corrected chi connectivity index (χ2v) is 4.36. The Kier molecular flexibility index (Phi) is 7.06. The molecule has 2 atom stereocenters. The molecule has 3 heteroatoms. The summed E-state index contributed by atoms with van der Waals surface area (Å²) in [5.74, 6) is -0.556. The van der Waals surface area contributed by atoms with Crippen LogP contribution in [-0.2, 0) is 9.53 Å². The summed E-state index contributed by atoms with van der Waals surface area (Å²) in [6.07, 6.45) is 5.27. The highest BCUT2D eigenvalue weighted by atomic mass is 16.5. The van der Waals surface area contributed by atoms with Crippen LogP contribution >= 0.6 is 0 Å². The first-order valence-corrected chi connectivity index (χ1v) is 5.87. The molecule has 0 aromatic carbocycles. The third kappa shape index (κ3) is 3.63. The van der Waals surface area contributed by atoms with Gasteiger partial charge in [0.25, 0.3) is 0 Å². The Morgan fingerprint density at radius 3 is 2.62 bits per heavy atom. The van der Waals surface area contributed by atoms with Crippen LogP contribution in [0.3, 0.4) is 0 Å². The average molecular weight is 228 g/mol. The van der Waals surface area contributed by atoms with Gasteiger partial charge in [0, 0.05) is 12.0 Å². The quantitative estimate of drug-likeness (QED) is 0.513. The number of esters is 1. The van der Waals surface area contributed by atoms with Crippen LogP contribution in [0, 0.1) is 11.3 Å². The zero-order valence-electron chi connectivity index (χ0n) is 10.7. The minimum atomic E-state index is -0.412. The first-order valence-electron chi connectivity index (χ1n) is 5.87. The van der Waals surface area contributed by atoms with Crippen molar-refractivity contribution in [3.8, 4) is 0 Å². The Bertz CT molecular complexity index is 225. The number of carbonyl (C=O) groups is 1. The molecule has 0 heterocycles. The van der Waals surface area contributed by atoms with E-state index in [1.165, 1.54) is 7.11 Å². The molecule has 0 aromatic rings. The Morgan fingerprint density at radius 2 is 2.25 bits per heavy atom. The van der Waals surface area contributed by atoms with Gasteiger partial charge in [-0.05, 0) is 12.8 Å². The fraction of sp³-hybridized carbons (Fsp3) is 0.769. The smallest absolute Gasteiger partial charge is 0.309 e. The predicted octanol–water partition coefficient (Wildman–Crippen LogP) is 2.54. The summed E-state index contributed by atoms with van der Waals surface area (Å²) >= 11 is 0. The monoisotopic (exact) mass is 228 g/mol. The van der Waals surface area contributed by atoms with Crippen molar-refractivity contribution in [2.75, 3.05) is 13.7 Å². The molecular weight excluding hydrogens is 204 g/mol. The Balaban J connectivity index is 4.84. The minimum absolute atomic E-state index is 0.00468. The van der Waals surface area contributed by atoms with Gasteiger partial charge in [-0.25, -0.2) is 0 Å². The number of aliphatic hydroxyl groups excluding tert-OH is 1. The number of rotatable bonds is 8. The number of allylic oxidation sites excluding steroid dienone is 1. The van der Waals surface area contributed by atoms with Gasteiger partial charge in [0.15, 0.2) is 0 Å². The standard InChI is InChI=1S/C13H24O3/c1-5-7-9-13(10-14,8-6-2)11(3)12(15)16-4/h6,11,14H,2,5,7-10H2,1,3-4H3/t11?,13-/m1/s1. The van der Waals surface area contributed by atoms with Gasteiger partial charge in [-0.2, -0.15) is 0 Å². The lowest BCUT2D eigenvalue weighted by Gasteiger charge is -2.35. The molecule has 0 rings (SSSR count). The summed E-state index contributed by atoms with van der Waals surface area (Å²) in [6.45, 7) is 7.62.